The first-order valence-corrected chi connectivity index (χ1v) is 39.6. The molecule has 4 fully saturated rings. The molecule has 0 heterocycles. The van der Waals surface area contributed by atoms with Gasteiger partial charge in [-0.25, -0.2) is 0 Å². The molecule has 0 atom stereocenters. The number of hydrogen-bond donors (Lipinski definition) is 0. The molecule has 2 aromatic rings. The summed E-state index contributed by atoms with van der Waals surface area (Å²) in [5, 5.41) is 0. The summed E-state index contributed by atoms with van der Waals surface area (Å²) in [6.07, 6.45) is 16.1. The molecule has 2 aromatic carbocycles. The van der Waals surface area contributed by atoms with E-state index in [1.54, 1.807) is 64.2 Å². The van der Waals surface area contributed by atoms with Crippen LogP contribution < -0.4 is 6.54 Å². The van der Waals surface area contributed by atoms with Gasteiger partial charge in [-0.15, -0.1) is 0 Å². The van der Waals surface area contributed by atoms with E-state index in [2.05, 4.69) is 81.4 Å². The van der Waals surface area contributed by atoms with Gasteiger partial charge in [0, 0.05) is 0 Å². The Kier molecular flexibility index (Phi) is 5.75. The van der Waals surface area contributed by atoms with E-state index in [9.17, 15) is 0 Å². The fourth-order valence-electron chi connectivity index (χ4n) is 9.15. The van der Waals surface area contributed by atoms with Crippen molar-refractivity contribution in [1.82, 2.24) is 0 Å². The molecular weight excluding hydrogens is 778 g/mol. The Morgan fingerprint density at radius 2 is 1.03 bits per heavy atom. The van der Waals surface area contributed by atoms with Crippen LogP contribution in [0.5, 0.6) is 0 Å². The van der Waals surface area contributed by atoms with E-state index in [0.29, 0.717) is 3.12 Å². The third-order valence-corrected chi connectivity index (χ3v) is 138. The Hall–Kier alpha value is 0.206. The van der Waals surface area contributed by atoms with E-state index in [1.165, 1.54) is 0 Å². The maximum absolute atomic E-state index is 3.25. The number of fused-ring (bicyclic) bond motifs is 4. The third-order valence-electron chi connectivity index (χ3n) is 10.2. The molecule has 0 spiro atoms. The van der Waals surface area contributed by atoms with Gasteiger partial charge in [-0.1, -0.05) is 0 Å². The number of hydrogen-bond acceptors (Lipinski definition) is 0. The van der Waals surface area contributed by atoms with Crippen molar-refractivity contribution in [3.63, 3.8) is 0 Å². The van der Waals surface area contributed by atoms with Gasteiger partial charge < -0.3 is 0 Å². The molecule has 2 heteroatoms. The molecule has 0 radical (unpaired) electrons. The quantitative estimate of drug-likeness (QED) is 0.285. The van der Waals surface area contributed by atoms with Crippen LogP contribution in [0.3, 0.4) is 0 Å². The molecule has 0 aromatic heterocycles. The molecule has 172 valence electrons. The van der Waals surface area contributed by atoms with Crippen molar-refractivity contribution in [2.24, 2.45) is 11.8 Å². The summed E-state index contributed by atoms with van der Waals surface area (Å²) in [5.41, 5.74) is 0. The summed E-state index contributed by atoms with van der Waals surface area (Å²) in [5.74, 6) is 2.17. The van der Waals surface area contributed by atoms with E-state index in [1.807, 2.05) is 6.54 Å². The van der Waals surface area contributed by atoms with Gasteiger partial charge in [-0.05, 0) is 0 Å². The van der Waals surface area contributed by atoms with Crippen molar-refractivity contribution in [3.05, 3.63) is 60.7 Å². The van der Waals surface area contributed by atoms with Crippen molar-refractivity contribution in [2.75, 3.05) is 0 Å². The molecule has 0 saturated heterocycles. The summed E-state index contributed by atoms with van der Waals surface area (Å²) in [6, 6.07) is 24.7. The Balaban J connectivity index is 1.68. The average Bonchev–Trinajstić information content (AvgIpc) is 3.59. The van der Waals surface area contributed by atoms with Crippen LogP contribution in [0, 0.1) is 11.8 Å². The van der Waals surface area contributed by atoms with Crippen molar-refractivity contribution in [3.8, 4) is 0 Å². The van der Waals surface area contributed by atoms with E-state index in [0.717, 1.165) is 18.1 Å². The normalized spacial score (nSPS) is 34.5. The summed E-state index contributed by atoms with van der Waals surface area (Å²) < 4.78 is 5.91. The molecular formula is C30H42Bi2. The molecule has 0 N–H and O–H groups in total. The van der Waals surface area contributed by atoms with Gasteiger partial charge in [0.25, 0.3) is 0 Å². The van der Waals surface area contributed by atoms with Crippen LogP contribution in [0.4, 0.5) is 0 Å². The Bertz CT molecular complexity index is 872. The molecule has 4 saturated carbocycles. The van der Waals surface area contributed by atoms with E-state index in [4.69, 9.17) is 0 Å². The minimum atomic E-state index is -3.25. The molecule has 0 unspecified atom stereocenters. The van der Waals surface area contributed by atoms with Crippen LogP contribution in [0.15, 0.2) is 60.7 Å². The predicted octanol–water partition coefficient (Wildman–Crippen LogP) is 7.02. The average molecular weight is 821 g/mol. The first-order chi connectivity index (χ1) is 15.4. The first kappa shape index (κ1) is 22.7. The Labute approximate surface area is 204 Å². The monoisotopic (exact) mass is 820 g/mol. The van der Waals surface area contributed by atoms with Gasteiger partial charge in [0.2, 0.25) is 0 Å². The van der Waals surface area contributed by atoms with Gasteiger partial charge in [0.05, 0.1) is 0 Å². The van der Waals surface area contributed by atoms with Gasteiger partial charge in [0.1, 0.15) is 0 Å². The van der Waals surface area contributed by atoms with Crippen LogP contribution in [0.1, 0.15) is 85.0 Å². The molecule has 32 heavy (non-hydrogen) atoms. The number of rotatable bonds is 5. The summed E-state index contributed by atoms with van der Waals surface area (Å²) in [4.78, 5) is 0. The molecule has 4 aliphatic carbocycles. The Morgan fingerprint density at radius 1 is 0.656 bits per heavy atom. The zero-order chi connectivity index (χ0) is 22.0. The fourth-order valence-corrected chi connectivity index (χ4v) is 166. The van der Waals surface area contributed by atoms with Crippen molar-refractivity contribution < 1.29 is 0 Å². The van der Waals surface area contributed by atoms with Crippen LogP contribution >= 0.6 is 0 Å². The summed E-state index contributed by atoms with van der Waals surface area (Å²) >= 11 is -5.37. The third kappa shape index (κ3) is 3.24. The predicted molar refractivity (Wildman–Crippen MR) is 143 cm³/mol. The number of benzene rings is 2. The van der Waals surface area contributed by atoms with Gasteiger partial charge in [-0.3, -0.25) is 0 Å². The van der Waals surface area contributed by atoms with Gasteiger partial charge in [0.15, 0.2) is 0 Å². The van der Waals surface area contributed by atoms with E-state index >= 15 is 0 Å². The summed E-state index contributed by atoms with van der Waals surface area (Å²) in [6.45, 7) is 8.15. The van der Waals surface area contributed by atoms with E-state index in [-0.39, 0.29) is 0 Å². The van der Waals surface area contributed by atoms with Crippen molar-refractivity contribution >= 4 is 39.0 Å². The Morgan fingerprint density at radius 3 is 1.31 bits per heavy atom. The molecule has 6 rings (SSSR count). The van der Waals surface area contributed by atoms with Crippen LogP contribution in [-0.4, -0.2) is 32.4 Å². The van der Waals surface area contributed by atoms with Crippen LogP contribution in [-0.2, 0) is 0 Å². The summed E-state index contributed by atoms with van der Waals surface area (Å²) in [7, 11) is 0. The molecule has 0 amide bonds. The molecule has 4 bridgehead atoms. The van der Waals surface area contributed by atoms with Crippen LogP contribution in [0.2, 0.25) is 9.37 Å². The molecule has 0 nitrogen and oxygen atoms in total. The van der Waals surface area contributed by atoms with Gasteiger partial charge >= 0.3 is 206 Å². The minimum absolute atomic E-state index is 0.457. The van der Waals surface area contributed by atoms with E-state index < -0.39 is 32.4 Å². The van der Waals surface area contributed by atoms with Crippen LogP contribution in [0.25, 0.3) is 0 Å². The van der Waals surface area contributed by atoms with Gasteiger partial charge in [-0.2, -0.15) is 0 Å². The molecule has 4 aliphatic rings. The maximum atomic E-state index is 2.72. The second-order valence-electron chi connectivity index (χ2n) is 12.8. The van der Waals surface area contributed by atoms with Crippen molar-refractivity contribution in [1.29, 1.82) is 0 Å². The second kappa shape index (κ2) is 8.12. The van der Waals surface area contributed by atoms with Crippen molar-refractivity contribution in [2.45, 2.75) is 94.3 Å². The second-order valence-corrected chi connectivity index (χ2v) is 76.7. The topological polar surface area (TPSA) is 0 Å². The SMILES string of the molecule is C[C](C)(C)[BiH]([c]1ccccc1)([c]1ccccc1)[Bi]([C]12CCC(CC1)C2)[C]12CCC(CC1)C2. The zero-order valence-electron chi connectivity index (χ0n) is 20.4. The first-order valence-electron chi connectivity index (χ1n) is 13.3. The fraction of sp³-hybridized carbons (Fsp3) is 0.600. The zero-order valence-corrected chi connectivity index (χ0v) is 27.8. The molecule has 0 aliphatic heterocycles. The standard InChI is InChI=1S/2C7H11.2C6H5.C4H9.2Bi.H/c2*1-2-7-4-3-6(1)5-7;2*1-2-4-6-5-3-1;1-4(2)3;;;/h2*6H,1-5H2;2*1-5H;1-3H3;;;.